The molecule has 0 aliphatic carbocycles. The van der Waals surface area contributed by atoms with Crippen LogP contribution in [0.15, 0.2) is 28.4 Å². The van der Waals surface area contributed by atoms with E-state index >= 15 is 0 Å². The van der Waals surface area contributed by atoms with Crippen LogP contribution in [0.25, 0.3) is 4.96 Å². The van der Waals surface area contributed by atoms with Crippen molar-refractivity contribution in [3.63, 3.8) is 0 Å². The van der Waals surface area contributed by atoms with Crippen LogP contribution in [0.3, 0.4) is 0 Å². The van der Waals surface area contributed by atoms with Gasteiger partial charge in [0.05, 0.1) is 6.54 Å². The number of carbonyl (C=O) groups excluding carboxylic acids is 1. The monoisotopic (exact) mass is 389 g/mol. The molecule has 26 heavy (non-hydrogen) atoms. The lowest BCUT2D eigenvalue weighted by atomic mass is 10.00. The Balaban J connectivity index is 1.61. The summed E-state index contributed by atoms with van der Waals surface area (Å²) in [7, 11) is 0. The number of piperidine rings is 1. The van der Waals surface area contributed by atoms with Crippen molar-refractivity contribution in [3.05, 3.63) is 44.5 Å². The largest absolute Gasteiger partial charge is 0.347 e. The molecule has 0 bridgehead atoms. The minimum atomic E-state index is -0.422. The summed E-state index contributed by atoms with van der Waals surface area (Å²) in [5, 5.41) is 10.2. The lowest BCUT2D eigenvalue weighted by Crippen LogP contribution is -2.32. The molecule has 4 rings (SSSR count). The van der Waals surface area contributed by atoms with Gasteiger partial charge in [-0.3, -0.25) is 9.59 Å². The van der Waals surface area contributed by atoms with Gasteiger partial charge in [-0.1, -0.05) is 24.3 Å². The van der Waals surface area contributed by atoms with Crippen molar-refractivity contribution in [2.75, 3.05) is 18.0 Å². The molecule has 1 aliphatic heterocycles. The number of fused-ring (bicyclic) bond motifs is 1. The van der Waals surface area contributed by atoms with Gasteiger partial charge in [0.2, 0.25) is 10.1 Å². The molecule has 4 heterocycles. The molecule has 0 saturated carbocycles. The summed E-state index contributed by atoms with van der Waals surface area (Å²) in [6.07, 6.45) is 2.24. The Morgan fingerprint density at radius 3 is 2.92 bits per heavy atom. The molecular formula is C17H19N5O2S2. The second kappa shape index (κ2) is 7.16. The molecule has 1 N–H and O–H groups in total. The van der Waals surface area contributed by atoms with Crippen LogP contribution in [0.4, 0.5) is 5.13 Å². The van der Waals surface area contributed by atoms with E-state index in [1.54, 1.807) is 11.3 Å². The molecule has 1 aliphatic rings. The number of rotatable bonds is 4. The average Bonchev–Trinajstić information content (AvgIpc) is 3.29. The first kappa shape index (κ1) is 17.2. The zero-order valence-corrected chi connectivity index (χ0v) is 16.0. The summed E-state index contributed by atoms with van der Waals surface area (Å²) in [5.74, 6) is 0.398. The van der Waals surface area contributed by atoms with Crippen LogP contribution in [0.5, 0.6) is 0 Å². The van der Waals surface area contributed by atoms with Gasteiger partial charge >= 0.3 is 0 Å². The van der Waals surface area contributed by atoms with E-state index in [-0.39, 0.29) is 11.6 Å². The Morgan fingerprint density at radius 2 is 2.19 bits per heavy atom. The number of thiophene rings is 1. The molecular weight excluding hydrogens is 370 g/mol. The predicted octanol–water partition coefficient (Wildman–Crippen LogP) is 2.38. The Hall–Kier alpha value is -2.26. The maximum atomic E-state index is 12.6. The summed E-state index contributed by atoms with van der Waals surface area (Å²) < 4.78 is 1.49. The molecule has 1 fully saturated rings. The van der Waals surface area contributed by atoms with E-state index < -0.39 is 5.56 Å². The van der Waals surface area contributed by atoms with Crippen LogP contribution in [0.1, 0.15) is 35.1 Å². The van der Waals surface area contributed by atoms with Gasteiger partial charge in [0.15, 0.2) is 0 Å². The molecule has 7 nitrogen and oxygen atoms in total. The van der Waals surface area contributed by atoms with Gasteiger partial charge in [-0.05, 0) is 30.2 Å². The first-order valence-electron chi connectivity index (χ1n) is 8.56. The number of anilines is 1. The van der Waals surface area contributed by atoms with Crippen molar-refractivity contribution < 1.29 is 4.79 Å². The normalized spacial score (nSPS) is 15.5. The standard InChI is InChI=1S/C17H19N5O2S2/c1-11-4-6-21(7-5-11)17-20-22-13(9-14(23)19-16(22)26-17)15(24)18-10-12-3-2-8-25-12/h2-3,8-9,11H,4-7,10H2,1H3,(H,18,24). The van der Waals surface area contributed by atoms with Crippen LogP contribution >= 0.6 is 22.7 Å². The van der Waals surface area contributed by atoms with Gasteiger partial charge in [0.1, 0.15) is 5.69 Å². The average molecular weight is 390 g/mol. The predicted molar refractivity (Wildman–Crippen MR) is 103 cm³/mol. The van der Waals surface area contributed by atoms with Crippen LogP contribution in [-0.2, 0) is 6.54 Å². The maximum absolute atomic E-state index is 12.6. The molecule has 1 amide bonds. The summed E-state index contributed by atoms with van der Waals surface area (Å²) in [6.45, 7) is 4.55. The summed E-state index contributed by atoms with van der Waals surface area (Å²) >= 11 is 2.93. The van der Waals surface area contributed by atoms with Crippen molar-refractivity contribution in [3.8, 4) is 0 Å². The Bertz CT molecular complexity index is 971. The van der Waals surface area contributed by atoms with Crippen LogP contribution in [0, 0.1) is 5.92 Å². The van der Waals surface area contributed by atoms with Gasteiger partial charge in [0.25, 0.3) is 11.5 Å². The first-order valence-corrected chi connectivity index (χ1v) is 10.3. The van der Waals surface area contributed by atoms with E-state index in [0.717, 1.165) is 41.9 Å². The Morgan fingerprint density at radius 1 is 1.38 bits per heavy atom. The topological polar surface area (TPSA) is 79.6 Å². The molecule has 0 unspecified atom stereocenters. The SMILES string of the molecule is CC1CCN(c2nn3c(C(=O)NCc4cccs4)cc(=O)nc3s2)CC1. The van der Waals surface area contributed by atoms with Crippen molar-refractivity contribution >= 4 is 38.7 Å². The summed E-state index contributed by atoms with van der Waals surface area (Å²) in [5.41, 5.74) is -0.196. The van der Waals surface area contributed by atoms with Gasteiger partial charge in [-0.25, -0.2) is 0 Å². The summed E-state index contributed by atoms with van der Waals surface area (Å²) in [4.78, 5) is 32.3. The molecule has 0 aromatic carbocycles. The van der Waals surface area contributed by atoms with Crippen molar-refractivity contribution in [2.24, 2.45) is 5.92 Å². The second-order valence-corrected chi connectivity index (χ2v) is 8.46. The zero-order valence-electron chi connectivity index (χ0n) is 14.3. The zero-order chi connectivity index (χ0) is 18.1. The van der Waals surface area contributed by atoms with Gasteiger partial charge in [-0.2, -0.15) is 9.50 Å². The molecule has 9 heteroatoms. The van der Waals surface area contributed by atoms with Crippen molar-refractivity contribution in [1.82, 2.24) is 19.9 Å². The van der Waals surface area contributed by atoms with Crippen molar-refractivity contribution in [2.45, 2.75) is 26.3 Å². The highest BCUT2D eigenvalue weighted by molar-refractivity contribution is 7.20. The number of aromatic nitrogens is 3. The quantitative estimate of drug-likeness (QED) is 0.741. The number of amides is 1. The minimum absolute atomic E-state index is 0.226. The highest BCUT2D eigenvalue weighted by atomic mass is 32.1. The Labute approximate surface area is 158 Å². The summed E-state index contributed by atoms with van der Waals surface area (Å²) in [6, 6.07) is 5.14. The number of nitrogens with one attached hydrogen (secondary N) is 1. The minimum Gasteiger partial charge on any atom is -0.347 e. The first-order chi connectivity index (χ1) is 12.6. The third kappa shape index (κ3) is 3.49. The molecule has 3 aromatic heterocycles. The van der Waals surface area contributed by atoms with E-state index in [1.165, 1.54) is 21.9 Å². The van der Waals surface area contributed by atoms with Crippen LogP contribution < -0.4 is 15.8 Å². The fourth-order valence-electron chi connectivity index (χ4n) is 2.97. The number of nitrogens with zero attached hydrogens (tertiary/aromatic N) is 4. The lowest BCUT2D eigenvalue weighted by molar-refractivity contribution is 0.0943. The van der Waals surface area contributed by atoms with Gasteiger partial charge in [-0.15, -0.1) is 16.4 Å². The van der Waals surface area contributed by atoms with Crippen LogP contribution in [0.2, 0.25) is 0 Å². The maximum Gasteiger partial charge on any atom is 0.274 e. The third-order valence-corrected chi connectivity index (χ3v) is 6.38. The molecule has 0 radical (unpaired) electrons. The Kier molecular flexibility index (Phi) is 4.73. The van der Waals surface area contributed by atoms with E-state index in [9.17, 15) is 9.59 Å². The van der Waals surface area contributed by atoms with Crippen molar-refractivity contribution in [1.29, 1.82) is 0 Å². The van der Waals surface area contributed by atoms with Gasteiger partial charge < -0.3 is 10.2 Å². The van der Waals surface area contributed by atoms with Crippen LogP contribution in [-0.4, -0.2) is 33.6 Å². The number of carbonyl (C=O) groups is 1. The highest BCUT2D eigenvalue weighted by Gasteiger charge is 2.21. The highest BCUT2D eigenvalue weighted by Crippen LogP contribution is 2.27. The molecule has 0 spiro atoms. The number of hydrogen-bond donors (Lipinski definition) is 1. The third-order valence-electron chi connectivity index (χ3n) is 4.53. The fourth-order valence-corrected chi connectivity index (χ4v) is 4.57. The molecule has 0 atom stereocenters. The molecule has 1 saturated heterocycles. The van der Waals surface area contributed by atoms with E-state index in [1.807, 2.05) is 17.5 Å². The fraction of sp³-hybridized carbons (Fsp3) is 0.412. The second-order valence-electron chi connectivity index (χ2n) is 6.49. The number of hydrogen-bond acceptors (Lipinski definition) is 7. The smallest absolute Gasteiger partial charge is 0.274 e. The van der Waals surface area contributed by atoms with E-state index in [4.69, 9.17) is 0 Å². The molecule has 136 valence electrons. The van der Waals surface area contributed by atoms with E-state index in [0.29, 0.717) is 11.5 Å². The lowest BCUT2D eigenvalue weighted by Gasteiger charge is -2.29. The van der Waals surface area contributed by atoms with Gasteiger partial charge in [0, 0.05) is 24.0 Å². The van der Waals surface area contributed by atoms with E-state index in [2.05, 4.69) is 27.2 Å². The molecule has 3 aromatic rings.